The fourth-order valence-electron chi connectivity index (χ4n) is 2.57. The SMILES string of the molecule is CCOc1ccccc1NC(=O)NC[C@@](O)(c1ccsc1)c1cccs1. The maximum atomic E-state index is 12.4. The van der Waals surface area contributed by atoms with Crippen molar-refractivity contribution in [2.24, 2.45) is 0 Å². The van der Waals surface area contributed by atoms with Gasteiger partial charge < -0.3 is 20.5 Å². The van der Waals surface area contributed by atoms with E-state index >= 15 is 0 Å². The molecule has 0 unspecified atom stereocenters. The molecule has 0 spiro atoms. The quantitative estimate of drug-likeness (QED) is 0.566. The second kappa shape index (κ2) is 8.35. The molecule has 2 amide bonds. The minimum Gasteiger partial charge on any atom is -0.492 e. The van der Waals surface area contributed by atoms with Gasteiger partial charge in [0.05, 0.1) is 18.8 Å². The van der Waals surface area contributed by atoms with E-state index in [2.05, 4.69) is 10.6 Å². The maximum Gasteiger partial charge on any atom is 0.319 e. The zero-order valence-electron chi connectivity index (χ0n) is 14.3. The number of carbonyl (C=O) groups excluding carboxylic acids is 1. The summed E-state index contributed by atoms with van der Waals surface area (Å²) >= 11 is 2.96. The number of rotatable bonds is 7. The molecule has 2 heterocycles. The van der Waals surface area contributed by atoms with E-state index in [1.165, 1.54) is 22.7 Å². The molecule has 0 radical (unpaired) electrons. The van der Waals surface area contributed by atoms with Crippen molar-refractivity contribution < 1.29 is 14.6 Å². The minimum absolute atomic E-state index is 0.0624. The Balaban J connectivity index is 1.71. The molecule has 26 heavy (non-hydrogen) atoms. The highest BCUT2D eigenvalue weighted by atomic mass is 32.1. The maximum absolute atomic E-state index is 12.4. The molecular formula is C19H20N2O3S2. The summed E-state index contributed by atoms with van der Waals surface area (Å²) in [6.07, 6.45) is 0. The molecule has 3 aromatic rings. The molecule has 0 saturated carbocycles. The van der Waals surface area contributed by atoms with E-state index in [1.807, 2.05) is 53.4 Å². The van der Waals surface area contributed by atoms with Crippen LogP contribution in [0.5, 0.6) is 5.75 Å². The summed E-state index contributed by atoms with van der Waals surface area (Å²) in [4.78, 5) is 13.2. The summed E-state index contributed by atoms with van der Waals surface area (Å²) in [6, 6.07) is 12.5. The second-order valence-electron chi connectivity index (χ2n) is 5.59. The van der Waals surface area contributed by atoms with Crippen LogP contribution in [0.2, 0.25) is 0 Å². The van der Waals surface area contributed by atoms with Crippen molar-refractivity contribution in [2.75, 3.05) is 18.5 Å². The van der Waals surface area contributed by atoms with Gasteiger partial charge in [-0.2, -0.15) is 11.3 Å². The number of carbonyl (C=O) groups is 1. The Morgan fingerprint density at radius 2 is 2.04 bits per heavy atom. The molecule has 3 N–H and O–H groups in total. The molecule has 0 aliphatic heterocycles. The first kappa shape index (κ1) is 18.4. The molecule has 5 nitrogen and oxygen atoms in total. The summed E-state index contributed by atoms with van der Waals surface area (Å²) in [5.41, 5.74) is 0.0901. The van der Waals surface area contributed by atoms with Crippen LogP contribution in [0.4, 0.5) is 10.5 Å². The highest BCUT2D eigenvalue weighted by molar-refractivity contribution is 7.10. The van der Waals surface area contributed by atoms with Crippen LogP contribution >= 0.6 is 22.7 Å². The molecule has 0 fully saturated rings. The first-order valence-electron chi connectivity index (χ1n) is 8.19. The standard InChI is InChI=1S/C19H20N2O3S2/c1-2-24-16-7-4-3-6-15(16)21-18(22)20-13-19(23,14-9-11-25-12-14)17-8-5-10-26-17/h3-12,23H,2,13H2,1H3,(H2,20,21,22)/t19-/m1/s1. The van der Waals surface area contributed by atoms with Crippen molar-refractivity contribution in [3.8, 4) is 5.75 Å². The van der Waals surface area contributed by atoms with Crippen molar-refractivity contribution >= 4 is 34.4 Å². The van der Waals surface area contributed by atoms with Crippen molar-refractivity contribution in [2.45, 2.75) is 12.5 Å². The zero-order chi connectivity index (χ0) is 18.4. The molecule has 136 valence electrons. The lowest BCUT2D eigenvalue weighted by Gasteiger charge is -2.27. The highest BCUT2D eigenvalue weighted by Gasteiger charge is 2.33. The second-order valence-corrected chi connectivity index (χ2v) is 7.31. The molecule has 0 bridgehead atoms. The number of thiophene rings is 2. The molecule has 0 aliphatic carbocycles. The third-order valence-electron chi connectivity index (χ3n) is 3.87. The van der Waals surface area contributed by atoms with Gasteiger partial charge in [-0.05, 0) is 47.3 Å². The molecule has 2 aromatic heterocycles. The number of anilines is 1. The van der Waals surface area contributed by atoms with E-state index in [1.54, 1.807) is 12.1 Å². The lowest BCUT2D eigenvalue weighted by Crippen LogP contribution is -2.42. The Labute approximate surface area is 160 Å². The average molecular weight is 389 g/mol. The topological polar surface area (TPSA) is 70.6 Å². The predicted molar refractivity (Wildman–Crippen MR) is 106 cm³/mol. The smallest absolute Gasteiger partial charge is 0.319 e. The molecule has 0 aliphatic rings. The Hall–Kier alpha value is -2.35. The Morgan fingerprint density at radius 3 is 2.73 bits per heavy atom. The highest BCUT2D eigenvalue weighted by Crippen LogP contribution is 2.33. The van der Waals surface area contributed by atoms with Crippen LogP contribution in [0.15, 0.2) is 58.6 Å². The Kier molecular flexibility index (Phi) is 5.92. The summed E-state index contributed by atoms with van der Waals surface area (Å²) < 4.78 is 5.51. The number of amides is 2. The number of ether oxygens (including phenoxy) is 1. The van der Waals surface area contributed by atoms with Crippen LogP contribution < -0.4 is 15.4 Å². The third-order valence-corrected chi connectivity index (χ3v) is 5.57. The number of benzene rings is 1. The van der Waals surface area contributed by atoms with E-state index in [0.717, 1.165) is 10.4 Å². The van der Waals surface area contributed by atoms with Gasteiger partial charge >= 0.3 is 6.03 Å². The Bertz CT molecular complexity index is 798. The van der Waals surface area contributed by atoms with Crippen LogP contribution in [-0.2, 0) is 5.60 Å². The van der Waals surface area contributed by atoms with Gasteiger partial charge in [-0.3, -0.25) is 0 Å². The van der Waals surface area contributed by atoms with Crippen LogP contribution in [0.25, 0.3) is 0 Å². The lowest BCUT2D eigenvalue weighted by atomic mass is 9.94. The fraction of sp³-hybridized carbons (Fsp3) is 0.211. The lowest BCUT2D eigenvalue weighted by molar-refractivity contribution is 0.0871. The van der Waals surface area contributed by atoms with E-state index in [0.29, 0.717) is 18.0 Å². The van der Waals surface area contributed by atoms with Crippen LogP contribution in [0.3, 0.4) is 0 Å². The predicted octanol–water partition coefficient (Wildman–Crippen LogP) is 4.27. The first-order valence-corrected chi connectivity index (χ1v) is 10.0. The normalized spacial score (nSPS) is 13.0. The van der Waals surface area contributed by atoms with Crippen molar-refractivity contribution in [3.05, 3.63) is 69.0 Å². The summed E-state index contributed by atoms with van der Waals surface area (Å²) in [6.45, 7) is 2.46. The zero-order valence-corrected chi connectivity index (χ0v) is 15.9. The van der Waals surface area contributed by atoms with Gasteiger partial charge in [0.25, 0.3) is 0 Å². The summed E-state index contributed by atoms with van der Waals surface area (Å²) in [5, 5.41) is 22.5. The third kappa shape index (κ3) is 4.07. The summed E-state index contributed by atoms with van der Waals surface area (Å²) in [5.74, 6) is 0.608. The first-order chi connectivity index (χ1) is 12.6. The molecule has 1 atom stereocenters. The van der Waals surface area contributed by atoms with Crippen LogP contribution in [0.1, 0.15) is 17.4 Å². The van der Waals surface area contributed by atoms with Crippen molar-refractivity contribution in [1.29, 1.82) is 0 Å². The molecule has 7 heteroatoms. The number of para-hydroxylation sites is 2. The molecule has 3 rings (SSSR count). The number of nitrogens with one attached hydrogen (secondary N) is 2. The van der Waals surface area contributed by atoms with Crippen LogP contribution in [-0.4, -0.2) is 24.3 Å². The van der Waals surface area contributed by atoms with Crippen LogP contribution in [0, 0.1) is 0 Å². The number of urea groups is 1. The van der Waals surface area contributed by atoms with E-state index < -0.39 is 11.6 Å². The van der Waals surface area contributed by atoms with Gasteiger partial charge in [0.2, 0.25) is 0 Å². The molecule has 0 saturated heterocycles. The van der Waals surface area contributed by atoms with Crippen molar-refractivity contribution in [3.63, 3.8) is 0 Å². The van der Waals surface area contributed by atoms with Gasteiger partial charge in [0, 0.05) is 10.4 Å². The van der Waals surface area contributed by atoms with Crippen molar-refractivity contribution in [1.82, 2.24) is 5.32 Å². The van der Waals surface area contributed by atoms with E-state index in [4.69, 9.17) is 4.74 Å². The number of hydrogen-bond donors (Lipinski definition) is 3. The van der Waals surface area contributed by atoms with Gasteiger partial charge in [-0.15, -0.1) is 11.3 Å². The Morgan fingerprint density at radius 1 is 1.19 bits per heavy atom. The minimum atomic E-state index is -1.26. The largest absolute Gasteiger partial charge is 0.492 e. The molecular weight excluding hydrogens is 368 g/mol. The van der Waals surface area contributed by atoms with Gasteiger partial charge in [0.15, 0.2) is 0 Å². The number of aliphatic hydroxyl groups is 1. The molecule has 1 aromatic carbocycles. The average Bonchev–Trinajstić information content (AvgIpc) is 3.35. The van der Waals surface area contributed by atoms with E-state index in [-0.39, 0.29) is 6.54 Å². The number of hydrogen-bond acceptors (Lipinski definition) is 5. The summed E-state index contributed by atoms with van der Waals surface area (Å²) in [7, 11) is 0. The van der Waals surface area contributed by atoms with E-state index in [9.17, 15) is 9.90 Å². The van der Waals surface area contributed by atoms with Gasteiger partial charge in [0.1, 0.15) is 11.4 Å². The monoisotopic (exact) mass is 388 g/mol. The fourth-order valence-corrected chi connectivity index (χ4v) is 4.14. The van der Waals surface area contributed by atoms with Gasteiger partial charge in [-0.1, -0.05) is 18.2 Å². The van der Waals surface area contributed by atoms with Gasteiger partial charge in [-0.25, -0.2) is 4.79 Å².